The van der Waals surface area contributed by atoms with Crippen LogP contribution in [0.2, 0.25) is 0 Å². The number of hydrogen-bond donors (Lipinski definition) is 1. The molecule has 0 unspecified atom stereocenters. The molecule has 1 rings (SSSR count). The van der Waals surface area contributed by atoms with Crippen LogP contribution in [0.4, 0.5) is 4.39 Å². The van der Waals surface area contributed by atoms with Gasteiger partial charge >= 0.3 is 5.97 Å². The fraction of sp³-hybridized carbons (Fsp3) is 0.125. The minimum absolute atomic E-state index is 0.000602. The largest absolute Gasteiger partial charge is 0.478 e. The number of carbonyl (C=O) groups is 1. The third kappa shape index (κ3) is 1.74. The smallest absolute Gasteiger partial charge is 0.336 e. The highest BCUT2D eigenvalue weighted by Crippen LogP contribution is 2.13. The van der Waals surface area contributed by atoms with Crippen LogP contribution in [-0.2, 0) is 5.88 Å². The lowest BCUT2D eigenvalue weighted by atomic mass is 10.1. The highest BCUT2D eigenvalue weighted by Gasteiger charge is 2.09. The quantitative estimate of drug-likeness (QED) is 0.723. The Morgan fingerprint density at radius 2 is 2.25 bits per heavy atom. The summed E-state index contributed by atoms with van der Waals surface area (Å²) in [5.41, 5.74) is 0.343. The van der Waals surface area contributed by atoms with Gasteiger partial charge in [0.1, 0.15) is 5.82 Å². The van der Waals surface area contributed by atoms with Crippen molar-refractivity contribution in [3.05, 3.63) is 35.1 Å². The third-order valence-corrected chi connectivity index (χ3v) is 1.73. The number of carboxylic acids is 1. The predicted molar refractivity (Wildman–Crippen MR) is 42.9 cm³/mol. The maximum absolute atomic E-state index is 12.5. The molecule has 12 heavy (non-hydrogen) atoms. The van der Waals surface area contributed by atoms with Crippen LogP contribution in [-0.4, -0.2) is 11.1 Å². The molecule has 0 spiro atoms. The molecule has 0 aliphatic carbocycles. The first-order valence-corrected chi connectivity index (χ1v) is 3.76. The van der Waals surface area contributed by atoms with Gasteiger partial charge in [0.15, 0.2) is 0 Å². The van der Waals surface area contributed by atoms with Gasteiger partial charge in [-0.15, -0.1) is 11.6 Å². The van der Waals surface area contributed by atoms with Crippen molar-refractivity contribution in [1.29, 1.82) is 0 Å². The topological polar surface area (TPSA) is 37.3 Å². The van der Waals surface area contributed by atoms with Crippen LogP contribution < -0.4 is 0 Å². The Balaban J connectivity index is 3.20. The molecule has 4 heteroatoms. The minimum Gasteiger partial charge on any atom is -0.478 e. The number of aromatic carboxylic acids is 1. The van der Waals surface area contributed by atoms with E-state index in [9.17, 15) is 9.18 Å². The Bertz CT molecular complexity index is 312. The van der Waals surface area contributed by atoms with Gasteiger partial charge in [0.2, 0.25) is 0 Å². The Hall–Kier alpha value is -1.09. The second-order valence-electron chi connectivity index (χ2n) is 2.24. The summed E-state index contributed by atoms with van der Waals surface area (Å²) < 4.78 is 12.5. The maximum Gasteiger partial charge on any atom is 0.336 e. The average molecular weight is 189 g/mol. The van der Waals surface area contributed by atoms with Crippen LogP contribution in [0.5, 0.6) is 0 Å². The first kappa shape index (κ1) is 9.00. The molecule has 0 aromatic heterocycles. The Morgan fingerprint density at radius 3 is 2.75 bits per heavy atom. The summed E-state index contributed by atoms with van der Waals surface area (Å²) in [6.07, 6.45) is 0. The van der Waals surface area contributed by atoms with Gasteiger partial charge in [-0.1, -0.05) is 0 Å². The van der Waals surface area contributed by atoms with Gasteiger partial charge in [0.05, 0.1) is 5.56 Å². The van der Waals surface area contributed by atoms with Gasteiger partial charge < -0.3 is 5.11 Å². The van der Waals surface area contributed by atoms with Crippen molar-refractivity contribution in [3.63, 3.8) is 0 Å². The van der Waals surface area contributed by atoms with E-state index in [0.29, 0.717) is 5.56 Å². The normalized spacial score (nSPS) is 9.83. The van der Waals surface area contributed by atoms with Crippen molar-refractivity contribution >= 4 is 17.6 Å². The first-order valence-electron chi connectivity index (χ1n) is 3.23. The van der Waals surface area contributed by atoms with Crippen molar-refractivity contribution in [2.45, 2.75) is 5.88 Å². The van der Waals surface area contributed by atoms with Gasteiger partial charge in [-0.05, 0) is 23.8 Å². The number of carboxylic acid groups (broad SMARTS) is 1. The van der Waals surface area contributed by atoms with Gasteiger partial charge in [-0.25, -0.2) is 9.18 Å². The van der Waals surface area contributed by atoms with Crippen molar-refractivity contribution in [2.24, 2.45) is 0 Å². The molecule has 0 bridgehead atoms. The lowest BCUT2D eigenvalue weighted by Gasteiger charge is -2.00. The van der Waals surface area contributed by atoms with Crippen molar-refractivity contribution < 1.29 is 14.3 Å². The molecule has 0 aliphatic rings. The van der Waals surface area contributed by atoms with E-state index in [1.165, 1.54) is 6.07 Å². The number of halogens is 2. The van der Waals surface area contributed by atoms with E-state index in [1.807, 2.05) is 0 Å². The number of benzene rings is 1. The predicted octanol–water partition coefficient (Wildman–Crippen LogP) is 2.26. The van der Waals surface area contributed by atoms with E-state index in [0.717, 1.165) is 12.1 Å². The van der Waals surface area contributed by atoms with E-state index in [4.69, 9.17) is 16.7 Å². The average Bonchev–Trinajstić information content (AvgIpc) is 2.03. The zero-order valence-electron chi connectivity index (χ0n) is 6.05. The van der Waals surface area contributed by atoms with Gasteiger partial charge in [-0.2, -0.15) is 0 Å². The molecule has 1 aromatic carbocycles. The van der Waals surface area contributed by atoms with E-state index in [-0.39, 0.29) is 11.4 Å². The third-order valence-electron chi connectivity index (χ3n) is 1.44. The lowest BCUT2D eigenvalue weighted by molar-refractivity contribution is 0.0696. The number of alkyl halides is 1. The van der Waals surface area contributed by atoms with Crippen LogP contribution in [0.1, 0.15) is 15.9 Å². The second-order valence-corrected chi connectivity index (χ2v) is 2.51. The molecule has 0 radical (unpaired) electrons. The van der Waals surface area contributed by atoms with Gasteiger partial charge in [-0.3, -0.25) is 0 Å². The molecular formula is C8H6ClFO2. The number of hydrogen-bond acceptors (Lipinski definition) is 1. The molecule has 0 atom stereocenters. The van der Waals surface area contributed by atoms with Crippen LogP contribution in [0.15, 0.2) is 18.2 Å². The van der Waals surface area contributed by atoms with E-state index < -0.39 is 11.8 Å². The zero-order valence-corrected chi connectivity index (χ0v) is 6.81. The Morgan fingerprint density at radius 1 is 1.58 bits per heavy atom. The summed E-state index contributed by atoms with van der Waals surface area (Å²) >= 11 is 5.42. The van der Waals surface area contributed by atoms with Crippen LogP contribution >= 0.6 is 11.6 Å². The molecule has 0 saturated carbocycles. The molecule has 64 valence electrons. The molecule has 0 saturated heterocycles. The summed E-state index contributed by atoms with van der Waals surface area (Å²) in [4.78, 5) is 10.5. The van der Waals surface area contributed by atoms with E-state index in [2.05, 4.69) is 0 Å². The molecule has 0 heterocycles. The standard InChI is InChI=1S/C8H6ClFO2/c9-4-5-3-6(10)1-2-7(5)8(11)12/h1-3H,4H2,(H,11,12). The summed E-state index contributed by atoms with van der Waals surface area (Å²) in [6.45, 7) is 0. The van der Waals surface area contributed by atoms with Crippen LogP contribution in [0, 0.1) is 5.82 Å². The Labute approximate surface area is 73.6 Å². The molecule has 0 fully saturated rings. The SMILES string of the molecule is O=C(O)c1ccc(F)cc1CCl. The molecule has 0 aliphatic heterocycles. The van der Waals surface area contributed by atoms with Gasteiger partial charge in [0, 0.05) is 5.88 Å². The Kier molecular flexibility index (Phi) is 2.65. The van der Waals surface area contributed by atoms with Crippen molar-refractivity contribution in [3.8, 4) is 0 Å². The zero-order chi connectivity index (χ0) is 9.14. The van der Waals surface area contributed by atoms with Crippen molar-refractivity contribution in [2.75, 3.05) is 0 Å². The first-order chi connectivity index (χ1) is 5.65. The fourth-order valence-corrected chi connectivity index (χ4v) is 1.10. The monoisotopic (exact) mass is 188 g/mol. The summed E-state index contributed by atoms with van der Waals surface area (Å²) in [7, 11) is 0. The van der Waals surface area contributed by atoms with Crippen LogP contribution in [0.25, 0.3) is 0 Å². The number of rotatable bonds is 2. The molecule has 0 amide bonds. The van der Waals surface area contributed by atoms with Crippen molar-refractivity contribution in [1.82, 2.24) is 0 Å². The molecular weight excluding hydrogens is 183 g/mol. The minimum atomic E-state index is -1.09. The van der Waals surface area contributed by atoms with E-state index in [1.54, 1.807) is 0 Å². The summed E-state index contributed by atoms with van der Waals surface area (Å²) in [6, 6.07) is 3.42. The van der Waals surface area contributed by atoms with Crippen LogP contribution in [0.3, 0.4) is 0 Å². The summed E-state index contributed by atoms with van der Waals surface area (Å²) in [5.74, 6) is -1.57. The molecule has 1 N–H and O–H groups in total. The fourth-order valence-electron chi connectivity index (χ4n) is 0.881. The highest BCUT2D eigenvalue weighted by molar-refractivity contribution is 6.17. The summed E-state index contributed by atoms with van der Waals surface area (Å²) in [5, 5.41) is 8.61. The van der Waals surface area contributed by atoms with Gasteiger partial charge in [0.25, 0.3) is 0 Å². The second kappa shape index (κ2) is 3.54. The highest BCUT2D eigenvalue weighted by atomic mass is 35.5. The molecule has 1 aromatic rings. The van der Waals surface area contributed by atoms with E-state index >= 15 is 0 Å². The maximum atomic E-state index is 12.5. The lowest BCUT2D eigenvalue weighted by Crippen LogP contribution is -2.01. The molecule has 2 nitrogen and oxygen atoms in total.